The highest BCUT2D eigenvalue weighted by Crippen LogP contribution is 2.34. The molecular formula is C28H29NO7. The molecule has 0 bridgehead atoms. The van der Waals surface area contributed by atoms with Crippen LogP contribution in [0.5, 0.6) is 23.0 Å². The number of methoxy groups -OCH3 is 4. The van der Waals surface area contributed by atoms with E-state index in [2.05, 4.69) is 4.98 Å². The Balaban J connectivity index is 0.000000275. The van der Waals surface area contributed by atoms with E-state index < -0.39 is 12.1 Å². The van der Waals surface area contributed by atoms with E-state index in [0.717, 1.165) is 22.0 Å². The van der Waals surface area contributed by atoms with Crippen molar-refractivity contribution in [3.63, 3.8) is 0 Å². The number of carboxylic acid groups (broad SMARTS) is 1. The number of nitrogens with zero attached hydrogens (tertiary/aromatic N) is 1. The number of aliphatic hydroxyl groups is 1. The van der Waals surface area contributed by atoms with E-state index >= 15 is 0 Å². The summed E-state index contributed by atoms with van der Waals surface area (Å²) >= 11 is 0. The second-order valence-corrected chi connectivity index (χ2v) is 7.70. The number of aliphatic hydroxyl groups excluding tert-OH is 1. The maximum absolute atomic E-state index is 10.2. The number of aliphatic carboxylic acids is 1. The van der Waals surface area contributed by atoms with Gasteiger partial charge in [0, 0.05) is 18.0 Å². The number of ether oxygens (including phenoxy) is 4. The van der Waals surface area contributed by atoms with E-state index in [-0.39, 0.29) is 0 Å². The molecule has 4 aromatic rings. The van der Waals surface area contributed by atoms with Crippen LogP contribution in [-0.4, -0.2) is 49.6 Å². The lowest BCUT2D eigenvalue weighted by Crippen LogP contribution is -2.09. The maximum Gasteiger partial charge on any atom is 0.337 e. The maximum atomic E-state index is 10.2. The first kappa shape index (κ1) is 26.3. The van der Waals surface area contributed by atoms with E-state index in [0.29, 0.717) is 35.0 Å². The van der Waals surface area contributed by atoms with Gasteiger partial charge in [0.05, 0.1) is 34.1 Å². The Kier molecular flexibility index (Phi) is 9.07. The Labute approximate surface area is 209 Å². The van der Waals surface area contributed by atoms with Crippen molar-refractivity contribution in [2.24, 2.45) is 0 Å². The molecule has 0 aliphatic heterocycles. The molecule has 0 aliphatic rings. The van der Waals surface area contributed by atoms with Crippen LogP contribution in [-0.2, 0) is 11.2 Å². The van der Waals surface area contributed by atoms with Crippen LogP contribution in [0.4, 0.5) is 0 Å². The zero-order valence-electron chi connectivity index (χ0n) is 20.6. The molecule has 0 fully saturated rings. The fourth-order valence-electron chi connectivity index (χ4n) is 3.66. The predicted octanol–water partition coefficient (Wildman–Crippen LogP) is 4.66. The summed E-state index contributed by atoms with van der Waals surface area (Å²) in [6.07, 6.45) is 1.08. The van der Waals surface area contributed by atoms with Crippen LogP contribution >= 0.6 is 0 Å². The highest BCUT2D eigenvalue weighted by atomic mass is 16.5. The zero-order valence-corrected chi connectivity index (χ0v) is 20.6. The minimum Gasteiger partial charge on any atom is -0.493 e. The minimum absolute atomic E-state index is 0.403. The second-order valence-electron chi connectivity index (χ2n) is 7.70. The third-order valence-corrected chi connectivity index (χ3v) is 5.52. The number of hydrogen-bond acceptors (Lipinski definition) is 7. The fourth-order valence-corrected chi connectivity index (χ4v) is 3.66. The summed E-state index contributed by atoms with van der Waals surface area (Å²) < 4.78 is 21.5. The molecule has 0 aliphatic carbocycles. The third-order valence-electron chi connectivity index (χ3n) is 5.52. The first-order chi connectivity index (χ1) is 17.4. The molecule has 0 spiro atoms. The predicted molar refractivity (Wildman–Crippen MR) is 136 cm³/mol. The van der Waals surface area contributed by atoms with Crippen molar-refractivity contribution >= 4 is 16.7 Å². The highest BCUT2D eigenvalue weighted by molar-refractivity contribution is 5.88. The second kappa shape index (κ2) is 12.4. The Bertz CT molecular complexity index is 1310. The summed E-state index contributed by atoms with van der Waals surface area (Å²) in [5.74, 6) is 1.59. The lowest BCUT2D eigenvalue weighted by molar-refractivity contribution is -0.146. The molecule has 2 N–H and O–H groups in total. The molecule has 36 heavy (non-hydrogen) atoms. The van der Waals surface area contributed by atoms with Crippen molar-refractivity contribution < 1.29 is 34.0 Å². The van der Waals surface area contributed by atoms with Gasteiger partial charge in [-0.25, -0.2) is 4.79 Å². The van der Waals surface area contributed by atoms with Crippen LogP contribution in [0.25, 0.3) is 10.8 Å². The summed E-state index contributed by atoms with van der Waals surface area (Å²) in [4.78, 5) is 14.8. The van der Waals surface area contributed by atoms with Crippen molar-refractivity contribution in [2.75, 3.05) is 28.4 Å². The quantitative estimate of drug-likeness (QED) is 0.366. The molecule has 1 aromatic heterocycles. The largest absolute Gasteiger partial charge is 0.493 e. The van der Waals surface area contributed by atoms with Gasteiger partial charge in [0.15, 0.2) is 29.1 Å². The normalized spacial score (nSPS) is 11.1. The Morgan fingerprint density at radius 3 is 2.03 bits per heavy atom. The van der Waals surface area contributed by atoms with Crippen molar-refractivity contribution in [3.05, 3.63) is 89.7 Å². The number of aromatic nitrogens is 1. The van der Waals surface area contributed by atoms with Gasteiger partial charge >= 0.3 is 5.97 Å². The number of rotatable bonds is 8. The van der Waals surface area contributed by atoms with E-state index in [1.807, 2.05) is 42.6 Å². The van der Waals surface area contributed by atoms with E-state index in [1.165, 1.54) is 0 Å². The molecule has 3 aromatic carbocycles. The van der Waals surface area contributed by atoms with Gasteiger partial charge in [-0.05, 0) is 46.8 Å². The number of pyridine rings is 1. The van der Waals surface area contributed by atoms with Crippen LogP contribution in [0, 0.1) is 0 Å². The standard InChI is InChI=1S/C20H21NO4.C8H8O3/c1-22-17-6-5-13(10-18(17)23-2)9-16-15-12-20(25-4)19(24-3)11-14(15)7-8-21-16;9-7(8(10)11)6-4-2-1-3-5-6/h5-8,10-12H,9H2,1-4H3;1-5,7,9H,(H,10,11). The average Bonchev–Trinajstić information content (AvgIpc) is 2.92. The van der Waals surface area contributed by atoms with Crippen molar-refractivity contribution in [1.82, 2.24) is 4.98 Å². The lowest BCUT2D eigenvalue weighted by Gasteiger charge is -2.12. The smallest absolute Gasteiger partial charge is 0.337 e. The van der Waals surface area contributed by atoms with Gasteiger partial charge in [0.25, 0.3) is 0 Å². The monoisotopic (exact) mass is 491 g/mol. The third kappa shape index (κ3) is 6.22. The van der Waals surface area contributed by atoms with Crippen LogP contribution in [0.2, 0.25) is 0 Å². The topological polar surface area (TPSA) is 107 Å². The first-order valence-electron chi connectivity index (χ1n) is 11.1. The molecular weight excluding hydrogens is 462 g/mol. The molecule has 1 atom stereocenters. The first-order valence-corrected chi connectivity index (χ1v) is 11.1. The van der Waals surface area contributed by atoms with E-state index in [9.17, 15) is 4.79 Å². The van der Waals surface area contributed by atoms with Crippen molar-refractivity contribution in [2.45, 2.75) is 12.5 Å². The lowest BCUT2D eigenvalue weighted by atomic mass is 10.0. The molecule has 0 saturated heterocycles. The summed E-state index contributed by atoms with van der Waals surface area (Å²) in [5, 5.41) is 19.5. The van der Waals surface area contributed by atoms with Gasteiger partial charge in [-0.1, -0.05) is 36.4 Å². The van der Waals surface area contributed by atoms with Gasteiger partial charge < -0.3 is 29.2 Å². The van der Waals surface area contributed by atoms with Gasteiger partial charge in [-0.3, -0.25) is 4.98 Å². The molecule has 188 valence electrons. The van der Waals surface area contributed by atoms with Gasteiger partial charge in [0.2, 0.25) is 0 Å². The number of carboxylic acids is 1. The van der Waals surface area contributed by atoms with Gasteiger partial charge in [-0.2, -0.15) is 0 Å². The molecule has 0 radical (unpaired) electrons. The van der Waals surface area contributed by atoms with Crippen LogP contribution in [0.3, 0.4) is 0 Å². The van der Waals surface area contributed by atoms with Gasteiger partial charge in [0.1, 0.15) is 0 Å². The van der Waals surface area contributed by atoms with Crippen LogP contribution in [0.1, 0.15) is 22.9 Å². The summed E-state index contributed by atoms with van der Waals surface area (Å²) in [6, 6.07) is 20.1. The summed E-state index contributed by atoms with van der Waals surface area (Å²) in [7, 11) is 6.53. The molecule has 8 nitrogen and oxygen atoms in total. The number of carbonyl (C=O) groups is 1. The van der Waals surface area contributed by atoms with Crippen LogP contribution in [0.15, 0.2) is 72.9 Å². The van der Waals surface area contributed by atoms with E-state index in [1.54, 1.807) is 58.8 Å². The van der Waals surface area contributed by atoms with Crippen molar-refractivity contribution in [1.29, 1.82) is 0 Å². The number of hydrogen-bond donors (Lipinski definition) is 2. The van der Waals surface area contributed by atoms with Crippen molar-refractivity contribution in [3.8, 4) is 23.0 Å². The zero-order chi connectivity index (χ0) is 26.1. The molecule has 4 rings (SSSR count). The molecule has 0 amide bonds. The molecule has 0 saturated carbocycles. The van der Waals surface area contributed by atoms with Gasteiger partial charge in [-0.15, -0.1) is 0 Å². The number of benzene rings is 3. The van der Waals surface area contributed by atoms with Crippen LogP contribution < -0.4 is 18.9 Å². The summed E-state index contributed by atoms with van der Waals surface area (Å²) in [6.45, 7) is 0. The SMILES string of the molecule is COc1ccc(Cc2nccc3cc(OC)c(OC)cc23)cc1OC.O=C(O)C(O)c1ccccc1. The minimum atomic E-state index is -1.41. The molecule has 1 unspecified atom stereocenters. The van der Waals surface area contributed by atoms with E-state index in [4.69, 9.17) is 29.2 Å². The Morgan fingerprint density at radius 1 is 0.806 bits per heavy atom. The number of fused-ring (bicyclic) bond motifs is 1. The Hall–Kier alpha value is -4.30. The Morgan fingerprint density at radius 2 is 1.42 bits per heavy atom. The molecule has 1 heterocycles. The fraction of sp³-hybridized carbons (Fsp3) is 0.214. The highest BCUT2D eigenvalue weighted by Gasteiger charge is 2.14. The summed E-state index contributed by atoms with van der Waals surface area (Å²) in [5.41, 5.74) is 2.46. The molecule has 8 heteroatoms. The average molecular weight is 492 g/mol.